The molecule has 2 aromatic rings. The Balaban J connectivity index is 1.65. The van der Waals surface area contributed by atoms with E-state index < -0.39 is 22.9 Å². The van der Waals surface area contributed by atoms with Gasteiger partial charge in [-0.3, -0.25) is 4.79 Å². The molecule has 3 atom stereocenters. The van der Waals surface area contributed by atoms with Gasteiger partial charge in [0.2, 0.25) is 5.91 Å². The van der Waals surface area contributed by atoms with E-state index in [9.17, 15) is 9.59 Å². The van der Waals surface area contributed by atoms with Crippen molar-refractivity contribution in [2.45, 2.75) is 48.6 Å². The van der Waals surface area contributed by atoms with E-state index in [0.29, 0.717) is 6.42 Å². The fourth-order valence-corrected chi connectivity index (χ4v) is 5.76. The second kappa shape index (κ2) is 7.26. The van der Waals surface area contributed by atoms with E-state index >= 15 is 0 Å². The molecule has 2 aliphatic rings. The van der Waals surface area contributed by atoms with Crippen LogP contribution >= 0.6 is 11.8 Å². The highest BCUT2D eigenvalue weighted by molar-refractivity contribution is 8.01. The fourth-order valence-electron chi connectivity index (χ4n) is 4.08. The number of hydrogen-bond acceptors (Lipinski definition) is 5. The van der Waals surface area contributed by atoms with Crippen molar-refractivity contribution in [3.8, 4) is 0 Å². The lowest BCUT2D eigenvalue weighted by Crippen LogP contribution is -2.51. The number of thioether (sulfide) groups is 1. The van der Waals surface area contributed by atoms with Crippen LogP contribution in [0.5, 0.6) is 0 Å². The van der Waals surface area contributed by atoms with Crippen LogP contribution in [0.2, 0.25) is 0 Å². The van der Waals surface area contributed by atoms with E-state index in [1.54, 1.807) is 16.7 Å². The van der Waals surface area contributed by atoms with Crippen LogP contribution in [0, 0.1) is 0 Å². The molecule has 0 bridgehead atoms. The number of amides is 1. The van der Waals surface area contributed by atoms with Crippen LogP contribution < -0.4 is 5.73 Å². The molecule has 1 unspecified atom stereocenters. The van der Waals surface area contributed by atoms with Crippen molar-refractivity contribution in [3.05, 3.63) is 71.8 Å². The number of ether oxygens (including phenoxy) is 1. The van der Waals surface area contributed by atoms with Gasteiger partial charge in [0.1, 0.15) is 6.04 Å². The predicted molar refractivity (Wildman–Crippen MR) is 110 cm³/mol. The van der Waals surface area contributed by atoms with E-state index in [1.807, 2.05) is 74.5 Å². The topological polar surface area (TPSA) is 72.6 Å². The van der Waals surface area contributed by atoms with Crippen LogP contribution in [0.3, 0.4) is 0 Å². The van der Waals surface area contributed by atoms with Gasteiger partial charge in [-0.05, 0) is 25.0 Å². The van der Waals surface area contributed by atoms with Crippen LogP contribution in [-0.2, 0) is 14.3 Å². The third-order valence-electron chi connectivity index (χ3n) is 5.38. The first-order valence-corrected chi connectivity index (χ1v) is 10.3. The molecule has 2 aromatic carbocycles. The van der Waals surface area contributed by atoms with Gasteiger partial charge in [-0.15, -0.1) is 11.8 Å². The zero-order valence-electron chi connectivity index (χ0n) is 15.9. The third-order valence-corrected chi connectivity index (χ3v) is 6.90. The molecular formula is C22H24N2O3S. The Bertz CT molecular complexity index is 832. The molecule has 0 spiro atoms. The zero-order chi connectivity index (χ0) is 19.9. The minimum absolute atomic E-state index is 0.0676. The Hall–Kier alpha value is -2.31. The molecular weight excluding hydrogens is 372 g/mol. The summed E-state index contributed by atoms with van der Waals surface area (Å²) in [7, 11) is 0. The van der Waals surface area contributed by atoms with Gasteiger partial charge in [-0.2, -0.15) is 0 Å². The van der Waals surface area contributed by atoms with Crippen LogP contribution in [0.15, 0.2) is 60.7 Å². The predicted octanol–water partition coefficient (Wildman–Crippen LogP) is 3.10. The largest absolute Gasteiger partial charge is 0.451 e. The van der Waals surface area contributed by atoms with Crippen molar-refractivity contribution in [1.29, 1.82) is 0 Å². The molecule has 28 heavy (non-hydrogen) atoms. The summed E-state index contributed by atoms with van der Waals surface area (Å²) >= 11 is 1.63. The Morgan fingerprint density at radius 3 is 2.18 bits per heavy atom. The van der Waals surface area contributed by atoms with Crippen LogP contribution in [0.1, 0.15) is 37.5 Å². The second-order valence-electron chi connectivity index (χ2n) is 7.80. The molecule has 6 heteroatoms. The number of hydrogen-bond donors (Lipinski definition) is 1. The average Bonchev–Trinajstić information content (AvgIpc) is 3.10. The second-order valence-corrected chi connectivity index (χ2v) is 9.64. The van der Waals surface area contributed by atoms with Gasteiger partial charge in [-0.25, -0.2) is 4.79 Å². The summed E-state index contributed by atoms with van der Waals surface area (Å²) < 4.78 is 5.61. The molecule has 4 rings (SSSR count). The normalized spacial score (nSPS) is 25.8. The Kier molecular flexibility index (Phi) is 4.93. The molecule has 1 amide bonds. The number of carbonyl (C=O) groups is 2. The molecule has 2 saturated heterocycles. The van der Waals surface area contributed by atoms with Crippen molar-refractivity contribution in [2.75, 3.05) is 0 Å². The number of nitrogens with two attached hydrogens (primary N) is 1. The SMILES string of the molecule is CC1(C)S[C@@H]2CC(N)C(=O)N2[C@H]1C(=O)OC(c1ccccc1)c1ccccc1. The van der Waals surface area contributed by atoms with E-state index in [-0.39, 0.29) is 17.3 Å². The molecule has 0 aromatic heterocycles. The molecule has 0 aliphatic carbocycles. The molecule has 0 saturated carbocycles. The summed E-state index contributed by atoms with van der Waals surface area (Å²) in [6.07, 6.45) is 0.0402. The summed E-state index contributed by atoms with van der Waals surface area (Å²) in [5.41, 5.74) is 7.74. The van der Waals surface area contributed by atoms with Crippen molar-refractivity contribution in [3.63, 3.8) is 0 Å². The minimum Gasteiger partial charge on any atom is -0.451 e. The molecule has 0 radical (unpaired) electrons. The molecule has 2 N–H and O–H groups in total. The van der Waals surface area contributed by atoms with Crippen molar-refractivity contribution in [2.24, 2.45) is 5.73 Å². The highest BCUT2D eigenvalue weighted by atomic mass is 32.2. The quantitative estimate of drug-likeness (QED) is 0.804. The lowest BCUT2D eigenvalue weighted by molar-refractivity contribution is -0.158. The standard InChI is InChI=1S/C22H24N2O3S/c1-22(2)19(24-17(28-22)13-16(23)20(24)25)21(26)27-18(14-9-5-3-6-10-14)15-11-7-4-8-12-15/h3-12,16-19H,13,23H2,1-2H3/t16?,17-,19+/m1/s1. The summed E-state index contributed by atoms with van der Waals surface area (Å²) in [6.45, 7) is 3.97. The number of esters is 1. The first-order valence-electron chi connectivity index (χ1n) is 9.44. The van der Waals surface area contributed by atoms with E-state index in [2.05, 4.69) is 0 Å². The minimum atomic E-state index is -0.654. The third kappa shape index (κ3) is 3.31. The maximum Gasteiger partial charge on any atom is 0.331 e. The Labute approximate surface area is 169 Å². The number of nitrogens with zero attached hydrogens (tertiary/aromatic N) is 1. The van der Waals surface area contributed by atoms with Gasteiger partial charge in [0, 0.05) is 11.2 Å². The lowest BCUT2D eigenvalue weighted by Gasteiger charge is -2.31. The summed E-state index contributed by atoms with van der Waals surface area (Å²) in [5, 5.41) is -0.0676. The van der Waals surface area contributed by atoms with Gasteiger partial charge < -0.3 is 15.4 Å². The number of benzene rings is 2. The molecule has 5 nitrogen and oxygen atoms in total. The van der Waals surface area contributed by atoms with E-state index in [4.69, 9.17) is 10.5 Å². The Morgan fingerprint density at radius 1 is 1.11 bits per heavy atom. The first-order chi connectivity index (χ1) is 13.4. The highest BCUT2D eigenvalue weighted by Gasteiger charge is 2.58. The summed E-state index contributed by atoms with van der Waals surface area (Å²) in [6, 6.07) is 18.1. The molecule has 2 aliphatic heterocycles. The number of rotatable bonds is 4. The molecule has 2 fully saturated rings. The maximum absolute atomic E-state index is 13.3. The monoisotopic (exact) mass is 396 g/mol. The van der Waals surface area contributed by atoms with Gasteiger partial charge in [0.25, 0.3) is 0 Å². The van der Waals surface area contributed by atoms with Crippen LogP contribution in [0.25, 0.3) is 0 Å². The number of fused-ring (bicyclic) bond motifs is 1. The van der Waals surface area contributed by atoms with Crippen molar-refractivity contribution < 1.29 is 14.3 Å². The zero-order valence-corrected chi connectivity index (χ0v) is 16.8. The van der Waals surface area contributed by atoms with Crippen molar-refractivity contribution in [1.82, 2.24) is 4.90 Å². The smallest absolute Gasteiger partial charge is 0.331 e. The highest BCUT2D eigenvalue weighted by Crippen LogP contribution is 2.49. The first kappa shape index (κ1) is 19.0. The van der Waals surface area contributed by atoms with Gasteiger partial charge in [-0.1, -0.05) is 60.7 Å². The maximum atomic E-state index is 13.3. The summed E-state index contributed by atoms with van der Waals surface area (Å²) in [4.78, 5) is 27.6. The van der Waals surface area contributed by atoms with Crippen LogP contribution in [-0.4, -0.2) is 39.0 Å². The van der Waals surface area contributed by atoms with Gasteiger partial charge in [0.15, 0.2) is 6.10 Å². The average molecular weight is 397 g/mol. The van der Waals surface area contributed by atoms with E-state index in [0.717, 1.165) is 11.1 Å². The van der Waals surface area contributed by atoms with Crippen LogP contribution in [0.4, 0.5) is 0 Å². The fraction of sp³-hybridized carbons (Fsp3) is 0.364. The van der Waals surface area contributed by atoms with Gasteiger partial charge >= 0.3 is 5.97 Å². The Morgan fingerprint density at radius 2 is 1.64 bits per heavy atom. The lowest BCUT2D eigenvalue weighted by atomic mass is 9.99. The summed E-state index contributed by atoms with van der Waals surface area (Å²) in [5.74, 6) is -0.554. The van der Waals surface area contributed by atoms with Gasteiger partial charge in [0.05, 0.1) is 11.4 Å². The van der Waals surface area contributed by atoms with Crippen molar-refractivity contribution >= 4 is 23.6 Å². The van der Waals surface area contributed by atoms with E-state index in [1.165, 1.54) is 0 Å². The molecule has 2 heterocycles. The number of carbonyl (C=O) groups excluding carboxylic acids is 2. The molecule has 146 valence electrons.